The van der Waals surface area contributed by atoms with Crippen LogP contribution in [0.25, 0.3) is 0 Å². The van der Waals surface area contributed by atoms with Crippen LogP contribution < -0.4 is 14.2 Å². The van der Waals surface area contributed by atoms with Gasteiger partial charge >= 0.3 is 0 Å². The van der Waals surface area contributed by atoms with Crippen LogP contribution in [0, 0.1) is 5.92 Å². The van der Waals surface area contributed by atoms with Crippen molar-refractivity contribution < 1.29 is 19.0 Å². The monoisotopic (exact) mass is 238 g/mol. The summed E-state index contributed by atoms with van der Waals surface area (Å²) < 4.78 is 15.8. The van der Waals surface area contributed by atoms with E-state index < -0.39 is 0 Å². The molecule has 0 saturated carbocycles. The lowest BCUT2D eigenvalue weighted by atomic mass is 10.1. The number of hydrogen-bond acceptors (Lipinski definition) is 4. The van der Waals surface area contributed by atoms with E-state index in [-0.39, 0.29) is 18.3 Å². The Hall–Kier alpha value is -1.71. The Morgan fingerprint density at radius 1 is 1.18 bits per heavy atom. The lowest BCUT2D eigenvalue weighted by molar-refractivity contribution is -0.123. The van der Waals surface area contributed by atoms with Gasteiger partial charge in [-0.25, -0.2) is 0 Å². The van der Waals surface area contributed by atoms with Crippen molar-refractivity contribution in [3.63, 3.8) is 0 Å². The zero-order valence-electron chi connectivity index (χ0n) is 10.6. The molecule has 0 N–H and O–H groups in total. The van der Waals surface area contributed by atoms with Crippen LogP contribution in [0.5, 0.6) is 17.2 Å². The third-order valence-electron chi connectivity index (χ3n) is 2.39. The van der Waals surface area contributed by atoms with Gasteiger partial charge in [0.1, 0.15) is 6.61 Å². The van der Waals surface area contributed by atoms with E-state index in [9.17, 15) is 4.79 Å². The summed E-state index contributed by atoms with van der Waals surface area (Å²) in [6, 6.07) is 5.32. The Morgan fingerprint density at radius 2 is 1.71 bits per heavy atom. The van der Waals surface area contributed by atoms with Gasteiger partial charge in [0, 0.05) is 5.92 Å². The van der Waals surface area contributed by atoms with E-state index in [1.165, 1.54) is 0 Å². The number of benzene rings is 1. The lowest BCUT2D eigenvalue weighted by Crippen LogP contribution is -2.17. The second-order valence-electron chi connectivity index (χ2n) is 3.90. The summed E-state index contributed by atoms with van der Waals surface area (Å²) in [5.41, 5.74) is 0. The van der Waals surface area contributed by atoms with E-state index in [4.69, 9.17) is 14.2 Å². The summed E-state index contributed by atoms with van der Waals surface area (Å²) in [7, 11) is 3.10. The molecule has 4 heteroatoms. The van der Waals surface area contributed by atoms with Crippen molar-refractivity contribution in [3.05, 3.63) is 18.2 Å². The molecule has 0 aromatic heterocycles. The predicted molar refractivity (Wildman–Crippen MR) is 64.9 cm³/mol. The molecule has 0 saturated heterocycles. The number of carbonyl (C=O) groups is 1. The van der Waals surface area contributed by atoms with Crippen molar-refractivity contribution in [1.29, 1.82) is 0 Å². The molecule has 0 radical (unpaired) electrons. The highest BCUT2D eigenvalue weighted by Gasteiger charge is 2.14. The van der Waals surface area contributed by atoms with Gasteiger partial charge in [-0.05, 0) is 12.1 Å². The fourth-order valence-corrected chi connectivity index (χ4v) is 1.27. The summed E-state index contributed by atoms with van der Waals surface area (Å²) in [5, 5.41) is 0. The Balaban J connectivity index is 2.84. The molecular weight excluding hydrogens is 220 g/mol. The van der Waals surface area contributed by atoms with Gasteiger partial charge in [-0.3, -0.25) is 4.79 Å². The van der Waals surface area contributed by atoms with Gasteiger partial charge in [0.05, 0.1) is 14.2 Å². The van der Waals surface area contributed by atoms with Gasteiger partial charge in [0.15, 0.2) is 17.3 Å². The van der Waals surface area contributed by atoms with Crippen molar-refractivity contribution in [2.24, 2.45) is 5.92 Å². The van der Waals surface area contributed by atoms with E-state index in [2.05, 4.69) is 0 Å². The number of methoxy groups -OCH3 is 2. The molecule has 0 heterocycles. The molecule has 0 fully saturated rings. The zero-order chi connectivity index (χ0) is 12.8. The largest absolute Gasteiger partial charge is 0.493 e. The molecule has 1 rings (SSSR count). The molecule has 1 aromatic rings. The highest BCUT2D eigenvalue weighted by Crippen LogP contribution is 2.36. The second-order valence-corrected chi connectivity index (χ2v) is 3.90. The highest BCUT2D eigenvalue weighted by molar-refractivity contribution is 5.81. The quantitative estimate of drug-likeness (QED) is 0.763. The Morgan fingerprint density at radius 3 is 2.12 bits per heavy atom. The average Bonchev–Trinajstić information content (AvgIpc) is 2.34. The fourth-order valence-electron chi connectivity index (χ4n) is 1.27. The average molecular weight is 238 g/mol. The maximum atomic E-state index is 11.5. The number of rotatable bonds is 6. The molecule has 94 valence electrons. The first-order valence-electron chi connectivity index (χ1n) is 5.46. The molecule has 0 aliphatic rings. The number of carbonyl (C=O) groups excluding carboxylic acids is 1. The third kappa shape index (κ3) is 3.37. The van der Waals surface area contributed by atoms with Gasteiger partial charge in [-0.2, -0.15) is 0 Å². The van der Waals surface area contributed by atoms with Gasteiger partial charge < -0.3 is 14.2 Å². The minimum Gasteiger partial charge on any atom is -0.493 e. The van der Waals surface area contributed by atoms with Crippen molar-refractivity contribution >= 4 is 5.78 Å². The van der Waals surface area contributed by atoms with Gasteiger partial charge in [0.25, 0.3) is 0 Å². The minimum atomic E-state index is -0.0456. The van der Waals surface area contributed by atoms with Crippen LogP contribution in [0.2, 0.25) is 0 Å². The van der Waals surface area contributed by atoms with Crippen molar-refractivity contribution in [2.75, 3.05) is 20.8 Å². The molecule has 0 spiro atoms. The van der Waals surface area contributed by atoms with Gasteiger partial charge in [0.2, 0.25) is 5.75 Å². The van der Waals surface area contributed by atoms with Crippen LogP contribution in [0.1, 0.15) is 13.8 Å². The van der Waals surface area contributed by atoms with Crippen molar-refractivity contribution in [2.45, 2.75) is 13.8 Å². The first-order valence-corrected chi connectivity index (χ1v) is 5.46. The summed E-state index contributed by atoms with van der Waals surface area (Å²) in [4.78, 5) is 11.5. The summed E-state index contributed by atoms with van der Waals surface area (Å²) in [6.45, 7) is 3.70. The zero-order valence-corrected chi connectivity index (χ0v) is 10.6. The van der Waals surface area contributed by atoms with E-state index in [1.54, 1.807) is 32.4 Å². The highest BCUT2D eigenvalue weighted by atomic mass is 16.5. The normalized spacial score (nSPS) is 10.2. The first kappa shape index (κ1) is 13.4. The molecule has 4 nitrogen and oxygen atoms in total. The van der Waals surface area contributed by atoms with Crippen LogP contribution >= 0.6 is 0 Å². The van der Waals surface area contributed by atoms with Crippen molar-refractivity contribution in [1.82, 2.24) is 0 Å². The molecule has 17 heavy (non-hydrogen) atoms. The molecule has 0 aliphatic carbocycles. The molecule has 0 amide bonds. The van der Waals surface area contributed by atoms with E-state index >= 15 is 0 Å². The van der Waals surface area contributed by atoms with E-state index in [0.717, 1.165) is 0 Å². The fraction of sp³-hybridized carbons (Fsp3) is 0.462. The minimum absolute atomic E-state index is 0.0222. The number of hydrogen-bond donors (Lipinski definition) is 0. The standard InChI is InChI=1S/C13H18O4/c1-9(2)10(14)8-17-13-11(15-3)6-5-7-12(13)16-4/h5-7,9H,8H2,1-4H3. The predicted octanol–water partition coefficient (Wildman–Crippen LogP) is 2.31. The Labute approximate surface area is 101 Å². The first-order chi connectivity index (χ1) is 8.10. The van der Waals surface area contributed by atoms with Crippen LogP contribution in [-0.2, 0) is 4.79 Å². The maximum absolute atomic E-state index is 11.5. The van der Waals surface area contributed by atoms with Crippen LogP contribution in [0.15, 0.2) is 18.2 Å². The molecular formula is C13H18O4. The number of ether oxygens (including phenoxy) is 3. The van der Waals surface area contributed by atoms with Gasteiger partial charge in [-0.1, -0.05) is 19.9 Å². The molecule has 0 unspecified atom stereocenters. The number of ketones is 1. The summed E-state index contributed by atoms with van der Waals surface area (Å²) in [6.07, 6.45) is 0. The number of para-hydroxylation sites is 1. The van der Waals surface area contributed by atoms with Crippen LogP contribution in [0.4, 0.5) is 0 Å². The Kier molecular flexibility index (Phi) is 4.82. The summed E-state index contributed by atoms with van der Waals surface area (Å²) >= 11 is 0. The lowest BCUT2D eigenvalue weighted by Gasteiger charge is -2.14. The molecule has 0 atom stereocenters. The van der Waals surface area contributed by atoms with Crippen molar-refractivity contribution in [3.8, 4) is 17.2 Å². The third-order valence-corrected chi connectivity index (χ3v) is 2.39. The topological polar surface area (TPSA) is 44.8 Å². The molecule has 0 bridgehead atoms. The number of Topliss-reactive ketones (excluding diaryl/α,β-unsaturated/α-hetero) is 1. The van der Waals surface area contributed by atoms with Crippen LogP contribution in [-0.4, -0.2) is 26.6 Å². The summed E-state index contributed by atoms with van der Waals surface area (Å²) in [5.74, 6) is 1.57. The second kappa shape index (κ2) is 6.13. The molecule has 1 aromatic carbocycles. The SMILES string of the molecule is COc1cccc(OC)c1OCC(=O)C(C)C. The molecule has 0 aliphatic heterocycles. The maximum Gasteiger partial charge on any atom is 0.203 e. The Bertz CT molecular complexity index is 363. The van der Waals surface area contributed by atoms with Crippen LogP contribution in [0.3, 0.4) is 0 Å². The van der Waals surface area contributed by atoms with Gasteiger partial charge in [-0.15, -0.1) is 0 Å². The smallest absolute Gasteiger partial charge is 0.203 e. The van der Waals surface area contributed by atoms with E-state index in [1.807, 2.05) is 13.8 Å². The van der Waals surface area contributed by atoms with E-state index in [0.29, 0.717) is 17.2 Å².